The lowest BCUT2D eigenvalue weighted by molar-refractivity contribution is 0.561. The van der Waals surface area contributed by atoms with Gasteiger partial charge in [-0.15, -0.1) is 0 Å². The van der Waals surface area contributed by atoms with Gasteiger partial charge in [0, 0.05) is 18.9 Å². The van der Waals surface area contributed by atoms with E-state index < -0.39 is 10.0 Å². The minimum absolute atomic E-state index is 0.263. The van der Waals surface area contributed by atoms with Gasteiger partial charge >= 0.3 is 0 Å². The van der Waals surface area contributed by atoms with Gasteiger partial charge < -0.3 is 0 Å². The molecule has 1 aromatic carbocycles. The van der Waals surface area contributed by atoms with E-state index in [1.165, 1.54) is 0 Å². The van der Waals surface area contributed by atoms with Gasteiger partial charge in [-0.1, -0.05) is 23.8 Å². The van der Waals surface area contributed by atoms with Crippen LogP contribution in [0.25, 0.3) is 11.4 Å². The molecule has 25 heavy (non-hydrogen) atoms. The summed E-state index contributed by atoms with van der Waals surface area (Å²) >= 11 is 0. The largest absolute Gasteiger partial charge is 0.271 e. The molecular formula is C18H20N4O2S. The average Bonchev–Trinajstić information content (AvgIpc) is 3.04. The molecule has 0 atom stereocenters. The molecule has 2 heterocycles. The molecule has 0 unspecified atom stereocenters. The lowest BCUT2D eigenvalue weighted by atomic mass is 10.2. The monoisotopic (exact) mass is 356 g/mol. The molecule has 0 fully saturated rings. The van der Waals surface area contributed by atoms with Crippen molar-refractivity contribution in [2.75, 3.05) is 6.54 Å². The number of rotatable bonds is 6. The maximum atomic E-state index is 12.4. The fourth-order valence-corrected chi connectivity index (χ4v) is 3.86. The first kappa shape index (κ1) is 17.3. The molecular weight excluding hydrogens is 336 g/mol. The highest BCUT2D eigenvalue weighted by atomic mass is 32.2. The summed E-state index contributed by atoms with van der Waals surface area (Å²) in [7, 11) is -3.53. The van der Waals surface area contributed by atoms with Crippen molar-refractivity contribution in [3.8, 4) is 11.4 Å². The lowest BCUT2D eigenvalue weighted by Gasteiger charge is -2.10. The number of sulfonamides is 1. The van der Waals surface area contributed by atoms with Gasteiger partial charge in [-0.25, -0.2) is 13.1 Å². The van der Waals surface area contributed by atoms with E-state index in [9.17, 15) is 8.42 Å². The highest BCUT2D eigenvalue weighted by Gasteiger charge is 2.16. The van der Waals surface area contributed by atoms with Crippen LogP contribution in [0.15, 0.2) is 59.8 Å². The van der Waals surface area contributed by atoms with Crippen LogP contribution in [-0.4, -0.2) is 29.7 Å². The minimum Gasteiger partial charge on any atom is -0.271 e. The third kappa shape index (κ3) is 4.12. The van der Waals surface area contributed by atoms with Gasteiger partial charge in [-0.2, -0.15) is 5.10 Å². The summed E-state index contributed by atoms with van der Waals surface area (Å²) in [6, 6.07) is 12.8. The van der Waals surface area contributed by atoms with E-state index in [0.717, 1.165) is 22.5 Å². The van der Waals surface area contributed by atoms with Crippen molar-refractivity contribution in [2.24, 2.45) is 0 Å². The molecule has 0 spiro atoms. The second-order valence-corrected chi connectivity index (χ2v) is 7.58. The second-order valence-electron chi connectivity index (χ2n) is 5.85. The predicted octanol–water partition coefficient (Wildman–Crippen LogP) is 2.54. The summed E-state index contributed by atoms with van der Waals surface area (Å²) in [6.45, 7) is 4.44. The molecule has 6 nitrogen and oxygen atoms in total. The van der Waals surface area contributed by atoms with Crippen LogP contribution in [0.1, 0.15) is 11.1 Å². The third-order valence-corrected chi connectivity index (χ3v) is 5.44. The molecule has 3 rings (SSSR count). The quantitative estimate of drug-likeness (QED) is 0.736. The molecule has 0 amide bonds. The summed E-state index contributed by atoms with van der Waals surface area (Å²) in [4.78, 5) is 4.56. The Labute approximate surface area is 147 Å². The van der Waals surface area contributed by atoms with Crippen molar-refractivity contribution >= 4 is 10.0 Å². The number of pyridine rings is 1. The Morgan fingerprint density at radius 1 is 1.08 bits per heavy atom. The van der Waals surface area contributed by atoms with Crippen LogP contribution in [0, 0.1) is 13.8 Å². The molecule has 0 saturated carbocycles. The summed E-state index contributed by atoms with van der Waals surface area (Å²) < 4.78 is 29.2. The summed E-state index contributed by atoms with van der Waals surface area (Å²) in [6.07, 6.45) is 3.53. The smallest absolute Gasteiger partial charge is 0.240 e. The fraction of sp³-hybridized carbons (Fsp3) is 0.222. The van der Waals surface area contributed by atoms with Crippen LogP contribution in [0.5, 0.6) is 0 Å². The van der Waals surface area contributed by atoms with Crippen LogP contribution in [0.2, 0.25) is 0 Å². The number of nitrogens with one attached hydrogen (secondary N) is 1. The van der Waals surface area contributed by atoms with Crippen LogP contribution < -0.4 is 4.72 Å². The van der Waals surface area contributed by atoms with Gasteiger partial charge in [-0.05, 0) is 43.7 Å². The van der Waals surface area contributed by atoms with E-state index in [-0.39, 0.29) is 6.54 Å². The fourth-order valence-electron chi connectivity index (χ4n) is 2.61. The molecule has 0 radical (unpaired) electrons. The Morgan fingerprint density at radius 2 is 1.92 bits per heavy atom. The maximum Gasteiger partial charge on any atom is 0.240 e. The third-order valence-electron chi connectivity index (χ3n) is 3.82. The summed E-state index contributed by atoms with van der Waals surface area (Å²) in [5.74, 6) is 0. The first-order valence-corrected chi connectivity index (χ1v) is 9.46. The Bertz CT molecular complexity index is 966. The SMILES string of the molecule is Cc1ccc(S(=O)(=O)NCCn2ccc(-c3ccccn3)n2)c(C)c1. The van der Waals surface area contributed by atoms with Crippen molar-refractivity contribution in [1.29, 1.82) is 0 Å². The Kier molecular flexibility index (Phi) is 4.96. The topological polar surface area (TPSA) is 76.9 Å². The van der Waals surface area contributed by atoms with Crippen LogP contribution in [0.3, 0.4) is 0 Å². The predicted molar refractivity (Wildman–Crippen MR) is 96.6 cm³/mol. The average molecular weight is 356 g/mol. The molecule has 0 aliphatic heterocycles. The number of aromatic nitrogens is 3. The van der Waals surface area contributed by atoms with Crippen LogP contribution in [-0.2, 0) is 16.6 Å². The van der Waals surface area contributed by atoms with Crippen molar-refractivity contribution in [2.45, 2.75) is 25.3 Å². The number of nitrogens with zero attached hydrogens (tertiary/aromatic N) is 3. The molecule has 1 N–H and O–H groups in total. The Morgan fingerprint density at radius 3 is 2.64 bits per heavy atom. The van der Waals surface area contributed by atoms with Gasteiger partial charge in [-0.3, -0.25) is 9.67 Å². The summed E-state index contributed by atoms with van der Waals surface area (Å²) in [5.41, 5.74) is 3.33. The van der Waals surface area contributed by atoms with Crippen molar-refractivity contribution in [3.05, 3.63) is 66.0 Å². The van der Waals surface area contributed by atoms with E-state index in [4.69, 9.17) is 0 Å². The number of hydrogen-bond acceptors (Lipinski definition) is 4. The zero-order valence-corrected chi connectivity index (χ0v) is 15.0. The van der Waals surface area contributed by atoms with E-state index in [1.54, 1.807) is 29.9 Å². The molecule has 130 valence electrons. The lowest BCUT2D eigenvalue weighted by Crippen LogP contribution is -2.28. The van der Waals surface area contributed by atoms with Gasteiger partial charge in [0.1, 0.15) is 5.69 Å². The van der Waals surface area contributed by atoms with Gasteiger partial charge in [0.15, 0.2) is 0 Å². The normalized spacial score (nSPS) is 11.6. The Hall–Kier alpha value is -2.51. The van der Waals surface area contributed by atoms with Crippen LogP contribution in [0.4, 0.5) is 0 Å². The highest BCUT2D eigenvalue weighted by Crippen LogP contribution is 2.16. The van der Waals surface area contributed by atoms with E-state index in [2.05, 4.69) is 14.8 Å². The molecule has 0 bridgehead atoms. The van der Waals surface area contributed by atoms with Crippen molar-refractivity contribution in [3.63, 3.8) is 0 Å². The highest BCUT2D eigenvalue weighted by molar-refractivity contribution is 7.89. The molecule has 2 aromatic heterocycles. The molecule has 0 saturated heterocycles. The molecule has 3 aromatic rings. The zero-order chi connectivity index (χ0) is 17.9. The molecule has 7 heteroatoms. The van der Waals surface area contributed by atoms with Crippen molar-refractivity contribution < 1.29 is 8.42 Å². The number of aryl methyl sites for hydroxylation is 2. The van der Waals surface area contributed by atoms with E-state index in [1.807, 2.05) is 43.5 Å². The standard InChI is InChI=1S/C18H20N4O2S/c1-14-6-7-18(15(2)13-14)25(23,24)20-10-12-22-11-8-17(21-22)16-5-3-4-9-19-16/h3-9,11,13,20H,10,12H2,1-2H3. The van der Waals surface area contributed by atoms with E-state index in [0.29, 0.717) is 11.4 Å². The second kappa shape index (κ2) is 7.16. The maximum absolute atomic E-state index is 12.4. The van der Waals surface area contributed by atoms with Crippen molar-refractivity contribution in [1.82, 2.24) is 19.5 Å². The number of benzene rings is 1. The van der Waals surface area contributed by atoms with Gasteiger partial charge in [0.05, 0.1) is 17.1 Å². The summed E-state index contributed by atoms with van der Waals surface area (Å²) in [5, 5.41) is 4.42. The van der Waals surface area contributed by atoms with Crippen LogP contribution >= 0.6 is 0 Å². The molecule has 0 aliphatic rings. The zero-order valence-electron chi connectivity index (χ0n) is 14.2. The Balaban J connectivity index is 1.64. The molecule has 0 aliphatic carbocycles. The number of hydrogen-bond donors (Lipinski definition) is 1. The van der Waals surface area contributed by atoms with Gasteiger partial charge in [0.25, 0.3) is 0 Å². The minimum atomic E-state index is -3.53. The first-order chi connectivity index (χ1) is 12.0. The van der Waals surface area contributed by atoms with Gasteiger partial charge in [0.2, 0.25) is 10.0 Å². The first-order valence-electron chi connectivity index (χ1n) is 7.97. The van der Waals surface area contributed by atoms with E-state index >= 15 is 0 Å².